The molecular formula is C16H19F2NO5. The summed E-state index contributed by atoms with van der Waals surface area (Å²) in [5.74, 6) is -4.98. The Morgan fingerprint density at radius 3 is 2.29 bits per heavy atom. The minimum Gasteiger partial charge on any atom is -0.480 e. The fraction of sp³-hybridized carbons (Fsp3) is 0.438. The van der Waals surface area contributed by atoms with E-state index < -0.39 is 41.4 Å². The third-order valence-electron chi connectivity index (χ3n) is 3.20. The molecule has 0 saturated carbocycles. The van der Waals surface area contributed by atoms with Crippen LogP contribution in [0.25, 0.3) is 0 Å². The van der Waals surface area contributed by atoms with Crippen molar-refractivity contribution in [3.8, 4) is 0 Å². The van der Waals surface area contributed by atoms with E-state index in [0.29, 0.717) is 6.07 Å². The minimum absolute atomic E-state index is 0.0765. The summed E-state index contributed by atoms with van der Waals surface area (Å²) in [6.45, 7) is 3.28. The van der Waals surface area contributed by atoms with Gasteiger partial charge in [-0.2, -0.15) is 0 Å². The molecule has 0 aliphatic carbocycles. The largest absolute Gasteiger partial charge is 0.480 e. The van der Waals surface area contributed by atoms with Gasteiger partial charge in [0.05, 0.1) is 18.9 Å². The predicted molar refractivity (Wildman–Crippen MR) is 80.0 cm³/mol. The number of carbonyl (C=O) groups is 3. The Bertz CT molecular complexity index is 600. The molecule has 1 amide bonds. The zero-order chi connectivity index (χ0) is 18.3. The second-order valence-electron chi connectivity index (χ2n) is 5.30. The van der Waals surface area contributed by atoms with Gasteiger partial charge in [0.15, 0.2) is 0 Å². The molecule has 1 aromatic carbocycles. The maximum Gasteiger partial charge on any atom is 0.326 e. The number of hydrogen-bond acceptors (Lipinski definition) is 4. The second kappa shape index (κ2) is 8.95. The zero-order valence-corrected chi connectivity index (χ0v) is 13.3. The molecule has 2 atom stereocenters. The Morgan fingerprint density at radius 1 is 1.21 bits per heavy atom. The molecule has 1 rings (SSSR count). The van der Waals surface area contributed by atoms with E-state index in [9.17, 15) is 23.2 Å². The summed E-state index contributed by atoms with van der Waals surface area (Å²) in [5.41, 5.74) is 0.0765. The molecular weight excluding hydrogens is 324 g/mol. The van der Waals surface area contributed by atoms with Crippen LogP contribution in [0.2, 0.25) is 0 Å². The van der Waals surface area contributed by atoms with Gasteiger partial charge in [0.1, 0.15) is 17.7 Å². The lowest BCUT2D eigenvalue weighted by Crippen LogP contribution is -2.43. The van der Waals surface area contributed by atoms with Gasteiger partial charge in [-0.25, -0.2) is 13.6 Å². The van der Waals surface area contributed by atoms with Crippen molar-refractivity contribution >= 4 is 17.8 Å². The molecule has 0 saturated heterocycles. The molecule has 0 aromatic heterocycles. The molecule has 6 nitrogen and oxygen atoms in total. The Hall–Kier alpha value is -2.51. The van der Waals surface area contributed by atoms with Crippen LogP contribution in [0.5, 0.6) is 0 Å². The van der Waals surface area contributed by atoms with Crippen LogP contribution in [0.4, 0.5) is 8.78 Å². The molecule has 0 unspecified atom stereocenters. The normalized spacial score (nSPS) is 13.0. The smallest absolute Gasteiger partial charge is 0.326 e. The van der Waals surface area contributed by atoms with Crippen molar-refractivity contribution in [1.29, 1.82) is 0 Å². The molecule has 0 fully saturated rings. The molecule has 1 aromatic rings. The van der Waals surface area contributed by atoms with Crippen LogP contribution in [0.1, 0.15) is 25.8 Å². The SMILES string of the molecule is CCOC(=O)[C@@H](C)C[C@H](NC(=O)Cc1cc(F)cc(F)c1)C(=O)O. The van der Waals surface area contributed by atoms with E-state index >= 15 is 0 Å². The summed E-state index contributed by atoms with van der Waals surface area (Å²) in [6, 6.07) is 1.33. The van der Waals surface area contributed by atoms with Crippen molar-refractivity contribution in [1.82, 2.24) is 5.32 Å². The summed E-state index contributed by atoms with van der Waals surface area (Å²) in [4.78, 5) is 34.7. The number of rotatable bonds is 8. The van der Waals surface area contributed by atoms with Gasteiger partial charge in [-0.3, -0.25) is 9.59 Å². The van der Waals surface area contributed by atoms with Crippen LogP contribution in [-0.2, 0) is 25.5 Å². The van der Waals surface area contributed by atoms with E-state index in [-0.39, 0.29) is 25.0 Å². The Balaban J connectivity index is 2.69. The van der Waals surface area contributed by atoms with Crippen molar-refractivity contribution in [2.45, 2.75) is 32.7 Å². The number of hydrogen-bond donors (Lipinski definition) is 2. The highest BCUT2D eigenvalue weighted by molar-refractivity contribution is 5.85. The van der Waals surface area contributed by atoms with Gasteiger partial charge < -0.3 is 15.2 Å². The molecule has 132 valence electrons. The Kier molecular flexibility index (Phi) is 7.29. The topological polar surface area (TPSA) is 92.7 Å². The summed E-state index contributed by atoms with van der Waals surface area (Å²) in [6.07, 6.45) is -0.538. The standard InChI is InChI=1S/C16H19F2NO5/c1-3-24-16(23)9(2)4-13(15(21)22)19-14(20)7-10-5-11(17)8-12(18)6-10/h5-6,8-9,13H,3-4,7H2,1-2H3,(H,19,20)(H,21,22)/t9-,13-/m0/s1. The van der Waals surface area contributed by atoms with E-state index in [1.807, 2.05) is 0 Å². The number of esters is 1. The highest BCUT2D eigenvalue weighted by atomic mass is 19.1. The van der Waals surface area contributed by atoms with E-state index in [2.05, 4.69) is 5.32 Å². The third-order valence-corrected chi connectivity index (χ3v) is 3.20. The van der Waals surface area contributed by atoms with E-state index in [0.717, 1.165) is 12.1 Å². The maximum absolute atomic E-state index is 13.1. The monoisotopic (exact) mass is 343 g/mol. The molecule has 0 spiro atoms. The number of carboxylic acid groups (broad SMARTS) is 1. The Labute approximate surface area is 137 Å². The maximum atomic E-state index is 13.1. The van der Waals surface area contributed by atoms with Gasteiger partial charge in [0, 0.05) is 6.07 Å². The first kappa shape index (κ1) is 19.5. The first-order chi connectivity index (χ1) is 11.2. The number of nitrogens with one attached hydrogen (secondary N) is 1. The molecule has 0 bridgehead atoms. The predicted octanol–water partition coefficient (Wildman–Crippen LogP) is 1.67. The molecule has 2 N–H and O–H groups in total. The second-order valence-corrected chi connectivity index (χ2v) is 5.30. The third kappa shape index (κ3) is 6.31. The van der Waals surface area contributed by atoms with Crippen molar-refractivity contribution in [3.63, 3.8) is 0 Å². The van der Waals surface area contributed by atoms with Crippen LogP contribution in [0, 0.1) is 17.6 Å². The van der Waals surface area contributed by atoms with Gasteiger partial charge in [-0.1, -0.05) is 6.92 Å². The summed E-state index contributed by atoms with van der Waals surface area (Å²) in [5, 5.41) is 11.4. The van der Waals surface area contributed by atoms with Crippen LogP contribution in [-0.4, -0.2) is 35.6 Å². The number of benzene rings is 1. The van der Waals surface area contributed by atoms with Crippen LogP contribution < -0.4 is 5.32 Å². The fourth-order valence-electron chi connectivity index (χ4n) is 2.10. The lowest BCUT2D eigenvalue weighted by atomic mass is 10.0. The fourth-order valence-corrected chi connectivity index (χ4v) is 2.10. The average Bonchev–Trinajstić information content (AvgIpc) is 2.45. The first-order valence-electron chi connectivity index (χ1n) is 7.36. The van der Waals surface area contributed by atoms with Crippen molar-refractivity contribution in [2.75, 3.05) is 6.61 Å². The van der Waals surface area contributed by atoms with Crippen LogP contribution in [0.3, 0.4) is 0 Å². The van der Waals surface area contributed by atoms with Gasteiger partial charge in [0.25, 0.3) is 0 Å². The van der Waals surface area contributed by atoms with Gasteiger partial charge in [-0.15, -0.1) is 0 Å². The highest BCUT2D eigenvalue weighted by Crippen LogP contribution is 2.11. The molecule has 0 heterocycles. The number of ether oxygens (including phenoxy) is 1. The number of halogens is 2. The van der Waals surface area contributed by atoms with Gasteiger partial charge in [-0.05, 0) is 31.0 Å². The molecule has 0 aliphatic heterocycles. The lowest BCUT2D eigenvalue weighted by molar-refractivity contribution is -0.149. The van der Waals surface area contributed by atoms with Crippen LogP contribution >= 0.6 is 0 Å². The molecule has 0 aliphatic rings. The number of carbonyl (C=O) groups excluding carboxylic acids is 2. The highest BCUT2D eigenvalue weighted by Gasteiger charge is 2.26. The van der Waals surface area contributed by atoms with Gasteiger partial charge in [0.2, 0.25) is 5.91 Å². The summed E-state index contributed by atoms with van der Waals surface area (Å²) < 4.78 is 31.0. The lowest BCUT2D eigenvalue weighted by Gasteiger charge is -2.18. The Morgan fingerprint density at radius 2 is 1.79 bits per heavy atom. The van der Waals surface area contributed by atoms with Crippen molar-refractivity contribution in [2.24, 2.45) is 5.92 Å². The molecule has 24 heavy (non-hydrogen) atoms. The molecule has 0 radical (unpaired) electrons. The average molecular weight is 343 g/mol. The van der Waals surface area contributed by atoms with Crippen LogP contribution in [0.15, 0.2) is 18.2 Å². The first-order valence-corrected chi connectivity index (χ1v) is 7.36. The summed E-state index contributed by atoms with van der Waals surface area (Å²) in [7, 11) is 0. The van der Waals surface area contributed by atoms with E-state index in [1.54, 1.807) is 6.92 Å². The van der Waals surface area contributed by atoms with Crippen molar-refractivity contribution in [3.05, 3.63) is 35.4 Å². The minimum atomic E-state index is -1.31. The number of amides is 1. The molecule has 8 heteroatoms. The van der Waals surface area contributed by atoms with E-state index in [4.69, 9.17) is 9.84 Å². The quantitative estimate of drug-likeness (QED) is 0.701. The number of carboxylic acids is 1. The van der Waals surface area contributed by atoms with E-state index in [1.165, 1.54) is 6.92 Å². The zero-order valence-electron chi connectivity index (χ0n) is 13.3. The van der Waals surface area contributed by atoms with Gasteiger partial charge >= 0.3 is 11.9 Å². The summed E-state index contributed by atoms with van der Waals surface area (Å²) >= 11 is 0. The van der Waals surface area contributed by atoms with Crippen molar-refractivity contribution < 1.29 is 33.0 Å². The number of aliphatic carboxylic acids is 1.